The van der Waals surface area contributed by atoms with Crippen molar-refractivity contribution in [1.29, 1.82) is 0 Å². The van der Waals surface area contributed by atoms with Gasteiger partial charge in [0.2, 0.25) is 5.91 Å². The molecule has 26 heteroatoms. The molecular weight excluding hydrogens is 1070 g/mol. The lowest BCUT2D eigenvalue weighted by Crippen LogP contribution is -2.52. The third-order valence-electron chi connectivity index (χ3n) is 14.5. The monoisotopic (exact) mass is 1150 g/mol. The molecule has 4 aromatic carbocycles. The quantitative estimate of drug-likeness (QED) is 0.0807. The molecule has 5 atom stereocenters. The number of aromatic hydroxyl groups is 3. The summed E-state index contributed by atoms with van der Waals surface area (Å²) < 4.78 is 0. The summed E-state index contributed by atoms with van der Waals surface area (Å²) in [6.45, 7) is 3.47. The molecule has 0 radical (unpaired) electrons. The van der Waals surface area contributed by atoms with Crippen LogP contribution >= 0.6 is 0 Å². The maximum atomic E-state index is 14.2. The number of nitrogens with zero attached hydrogens (tertiary/aromatic N) is 4. The maximum absolute atomic E-state index is 14.2. The molecule has 5 unspecified atom stereocenters. The van der Waals surface area contributed by atoms with Gasteiger partial charge in [-0.25, -0.2) is 0 Å². The van der Waals surface area contributed by atoms with Gasteiger partial charge in [-0.3, -0.25) is 62.8 Å². The van der Waals surface area contributed by atoms with Crippen LogP contribution in [-0.2, 0) is 9.59 Å². The smallest absolute Gasteiger partial charge is 0.255 e. The van der Waals surface area contributed by atoms with E-state index < -0.39 is 82.9 Å². The predicted octanol–water partition coefficient (Wildman–Crippen LogP) is -1.63. The Kier molecular flexibility index (Phi) is 22.4. The van der Waals surface area contributed by atoms with Crippen LogP contribution in [0.1, 0.15) is 94.8 Å². The minimum Gasteiger partial charge on any atom is -0.506 e. The van der Waals surface area contributed by atoms with Gasteiger partial charge in [0, 0.05) is 142 Å². The Hall–Kier alpha value is -8.98. The minimum absolute atomic E-state index is 0.00909. The Morgan fingerprint density at radius 3 is 1.01 bits per heavy atom. The van der Waals surface area contributed by atoms with Crippen LogP contribution < -0.4 is 47.9 Å². The maximum Gasteiger partial charge on any atom is 0.255 e. The SMILES string of the molecule is Cc1c2cccc1C(=O)NCCN1CCNC(=O)c3cccc(c3O)C(=O)NCCN(CCNC2=O)CCN2CCNC(=O)c3cccc(c3O)C(=O)NCCN(CC1)CC(CNC(=O)CC=O)NC(=O)c1cccc(c1O)C(=O)NCC2. The van der Waals surface area contributed by atoms with Crippen molar-refractivity contribution in [3.05, 3.63) is 123 Å². The van der Waals surface area contributed by atoms with E-state index in [1.165, 1.54) is 54.6 Å². The van der Waals surface area contributed by atoms with Crippen LogP contribution in [0.5, 0.6) is 17.2 Å². The molecule has 0 aromatic heterocycles. The summed E-state index contributed by atoms with van der Waals surface area (Å²) in [5.74, 6) is -7.51. The van der Waals surface area contributed by atoms with E-state index in [1.54, 1.807) is 25.1 Å². The predicted molar refractivity (Wildman–Crippen MR) is 303 cm³/mol. The van der Waals surface area contributed by atoms with Crippen LogP contribution in [-0.4, -0.2) is 231 Å². The fourth-order valence-electron chi connectivity index (χ4n) is 9.80. The highest BCUT2D eigenvalue weighted by molar-refractivity contribution is 6.06. The number of fused-ring (bicyclic) bond motifs is 16. The van der Waals surface area contributed by atoms with Crippen LogP contribution in [0.4, 0.5) is 0 Å². The first kappa shape index (κ1) is 61.6. The Labute approximate surface area is 479 Å². The highest BCUT2D eigenvalue weighted by Crippen LogP contribution is 2.25. The molecule has 4 aliphatic rings. The number of carbonyl (C=O) groups is 10. The molecule has 442 valence electrons. The molecular formula is C57H71N13O13. The first-order valence-electron chi connectivity index (χ1n) is 27.5. The number of para-hydroxylation sites is 3. The Morgan fingerprint density at radius 2 is 0.699 bits per heavy atom. The number of amides is 9. The van der Waals surface area contributed by atoms with Crippen molar-refractivity contribution in [2.24, 2.45) is 0 Å². The summed E-state index contributed by atoms with van der Waals surface area (Å²) in [5, 5.41) is 59.7. The molecule has 4 aromatic rings. The van der Waals surface area contributed by atoms with Gasteiger partial charge in [-0.2, -0.15) is 0 Å². The van der Waals surface area contributed by atoms with Crippen molar-refractivity contribution in [2.75, 3.05) is 131 Å². The van der Waals surface area contributed by atoms with Crippen LogP contribution in [0.3, 0.4) is 0 Å². The molecule has 0 fully saturated rings. The number of hydrogen-bond acceptors (Lipinski definition) is 17. The molecule has 12 bridgehead atoms. The minimum atomic E-state index is -0.975. The molecule has 26 nitrogen and oxygen atoms in total. The highest BCUT2D eigenvalue weighted by atomic mass is 16.3. The lowest BCUT2D eigenvalue weighted by atomic mass is 10.0. The second kappa shape index (κ2) is 30.2. The molecule has 0 saturated heterocycles. The summed E-state index contributed by atoms with van der Waals surface area (Å²) in [6.07, 6.45) is -0.0686. The summed E-state index contributed by atoms with van der Waals surface area (Å²) in [4.78, 5) is 143. The average molecular weight is 1150 g/mol. The summed E-state index contributed by atoms with van der Waals surface area (Å²) in [5.41, 5.74) is -0.178. The molecule has 4 aliphatic heterocycles. The third kappa shape index (κ3) is 17.0. The lowest BCUT2D eigenvalue weighted by molar-refractivity contribution is -0.124. The fraction of sp³-hybridized carbons (Fsp3) is 0.404. The summed E-state index contributed by atoms with van der Waals surface area (Å²) in [6, 6.07) is 16.4. The zero-order chi connectivity index (χ0) is 59.4. The van der Waals surface area contributed by atoms with Gasteiger partial charge in [0.15, 0.2) is 0 Å². The Balaban J connectivity index is 1.33. The van der Waals surface area contributed by atoms with Gasteiger partial charge in [-0.15, -0.1) is 0 Å². The highest BCUT2D eigenvalue weighted by Gasteiger charge is 2.27. The van der Waals surface area contributed by atoms with Gasteiger partial charge in [-0.1, -0.05) is 24.3 Å². The van der Waals surface area contributed by atoms with E-state index in [2.05, 4.69) is 47.9 Å². The number of hydrogen-bond donors (Lipinski definition) is 12. The summed E-state index contributed by atoms with van der Waals surface area (Å²) in [7, 11) is 0. The second-order valence-electron chi connectivity index (χ2n) is 20.0. The van der Waals surface area contributed by atoms with Crippen molar-refractivity contribution in [3.63, 3.8) is 0 Å². The first-order valence-corrected chi connectivity index (χ1v) is 27.5. The molecule has 8 rings (SSSR count). The van der Waals surface area contributed by atoms with Crippen LogP contribution in [0.2, 0.25) is 0 Å². The van der Waals surface area contributed by atoms with Crippen molar-refractivity contribution in [1.82, 2.24) is 67.5 Å². The van der Waals surface area contributed by atoms with Gasteiger partial charge in [0.1, 0.15) is 23.5 Å². The van der Waals surface area contributed by atoms with Crippen LogP contribution in [0.25, 0.3) is 0 Å². The number of carbonyl (C=O) groups excluding carboxylic acids is 10. The number of phenolic OH excluding ortho intramolecular Hbond substituents is 3. The van der Waals surface area contributed by atoms with Crippen molar-refractivity contribution in [2.45, 2.75) is 19.4 Å². The summed E-state index contributed by atoms with van der Waals surface area (Å²) >= 11 is 0. The van der Waals surface area contributed by atoms with Crippen molar-refractivity contribution in [3.8, 4) is 17.2 Å². The van der Waals surface area contributed by atoms with Crippen molar-refractivity contribution >= 4 is 59.5 Å². The fourth-order valence-corrected chi connectivity index (χ4v) is 9.80. The topological polar surface area (TPSA) is 353 Å². The average Bonchev–Trinajstić information content (AvgIpc) is 3.66. The van der Waals surface area contributed by atoms with E-state index in [9.17, 15) is 63.3 Å². The molecule has 83 heavy (non-hydrogen) atoms. The number of benzene rings is 4. The van der Waals surface area contributed by atoms with Gasteiger partial charge in [0.05, 0.1) is 45.8 Å². The normalized spacial score (nSPS) is 21.8. The molecule has 0 spiro atoms. The zero-order valence-electron chi connectivity index (χ0n) is 46.1. The van der Waals surface area contributed by atoms with E-state index >= 15 is 0 Å². The second-order valence-corrected chi connectivity index (χ2v) is 20.0. The largest absolute Gasteiger partial charge is 0.506 e. The number of rotatable bonds is 4. The van der Waals surface area contributed by atoms with E-state index in [0.717, 1.165) is 0 Å². The standard InChI is InChI=1S/C57H71N13O13/c1-36-38-6-2-7-39(36)51(77)59-16-23-69-27-20-62-54(80)41-9-3-8-40(47(41)73)52(78)60-17-24-67(22-15-58-50(38)76)29-30-68-25-18-61-53(79)42-10-4-11-43(48(42)74)55(81)64-21-28-70(32-31-69)35-37(34-65-46(72)14-33-71)66-57(83)45-13-5-12-44(49(45)75)56(82)63-19-26-68/h2-13,33,37,73-75H,14-32,34-35H2,1H3,(H,58,76)(H,59,77)(H,60,78)(H,61,79)(H,62,80)(H,63,82)(H,64,81)(H,65,72)(H,66,83). The third-order valence-corrected chi connectivity index (χ3v) is 14.5. The molecule has 4 heterocycles. The lowest BCUT2D eigenvalue weighted by Gasteiger charge is -2.31. The Bertz CT molecular complexity index is 2980. The first-order chi connectivity index (χ1) is 40.0. The van der Waals surface area contributed by atoms with Crippen molar-refractivity contribution < 1.29 is 63.3 Å². The van der Waals surface area contributed by atoms with Gasteiger partial charge in [-0.05, 0) is 61.0 Å². The zero-order valence-corrected chi connectivity index (χ0v) is 46.1. The van der Waals surface area contributed by atoms with E-state index in [4.69, 9.17) is 0 Å². The molecule has 12 N–H and O–H groups in total. The molecule has 0 aliphatic carbocycles. The van der Waals surface area contributed by atoms with Crippen LogP contribution in [0.15, 0.2) is 72.8 Å². The van der Waals surface area contributed by atoms with E-state index in [-0.39, 0.29) is 175 Å². The van der Waals surface area contributed by atoms with E-state index in [0.29, 0.717) is 11.8 Å². The van der Waals surface area contributed by atoms with E-state index in [1.807, 2.05) is 19.6 Å². The Morgan fingerprint density at radius 1 is 0.434 bits per heavy atom. The molecule has 9 amide bonds. The van der Waals surface area contributed by atoms with Gasteiger partial charge in [0.25, 0.3) is 47.3 Å². The number of aldehydes is 1. The number of phenols is 3. The van der Waals surface area contributed by atoms with Crippen LogP contribution in [0, 0.1) is 6.92 Å². The molecule has 0 saturated carbocycles. The number of nitrogens with one attached hydrogen (secondary N) is 9. The van der Waals surface area contributed by atoms with Gasteiger partial charge < -0.3 is 68.0 Å². The van der Waals surface area contributed by atoms with Gasteiger partial charge >= 0.3 is 0 Å².